The van der Waals surface area contributed by atoms with E-state index < -0.39 is 0 Å². The van der Waals surface area contributed by atoms with Gasteiger partial charge in [-0.15, -0.1) is 23.5 Å². The highest BCUT2D eigenvalue weighted by atomic mass is 32.2. The first-order chi connectivity index (χ1) is 12.3. The van der Waals surface area contributed by atoms with Crippen molar-refractivity contribution in [3.63, 3.8) is 0 Å². The second-order valence-corrected chi connectivity index (χ2v) is 9.24. The highest BCUT2D eigenvalue weighted by molar-refractivity contribution is 8.16. The third-order valence-corrected chi connectivity index (χ3v) is 7.62. The zero-order valence-corrected chi connectivity index (χ0v) is 16.5. The number of benzene rings is 1. The number of hydrogen-bond acceptors (Lipinski definition) is 5. The lowest BCUT2D eigenvalue weighted by atomic mass is 10.2. The molecule has 2 saturated heterocycles. The van der Waals surface area contributed by atoms with Gasteiger partial charge in [0.2, 0.25) is 0 Å². The van der Waals surface area contributed by atoms with Gasteiger partial charge in [-0.1, -0.05) is 19.1 Å². The lowest BCUT2D eigenvalue weighted by Gasteiger charge is -2.28. The van der Waals surface area contributed by atoms with Gasteiger partial charge in [0.15, 0.2) is 6.61 Å². The molecule has 1 unspecified atom stereocenters. The minimum absolute atomic E-state index is 0.0954. The van der Waals surface area contributed by atoms with E-state index in [2.05, 4.69) is 24.4 Å². The minimum Gasteiger partial charge on any atom is -0.484 e. The molecule has 0 spiro atoms. The molecule has 0 aromatic heterocycles. The van der Waals surface area contributed by atoms with E-state index in [9.17, 15) is 4.79 Å². The topological polar surface area (TPSA) is 41.6 Å². The largest absolute Gasteiger partial charge is 0.484 e. The standard InChI is InChI=1S/C19H28N2O2S2/c1-2-10-21(16-8-9-20-13-16)18(22)14-23-17-6-4-15(5-7-17)19-24-11-3-12-25-19/h4-7,16,19-20H,2-3,8-14H2,1H3. The Bertz CT molecular complexity index is 541. The minimum atomic E-state index is 0.0954. The number of nitrogens with one attached hydrogen (secondary N) is 1. The first-order valence-electron chi connectivity index (χ1n) is 9.24. The first kappa shape index (κ1) is 18.9. The molecule has 0 radical (unpaired) electrons. The fraction of sp³-hybridized carbons (Fsp3) is 0.632. The van der Waals surface area contributed by atoms with Gasteiger partial charge in [-0.3, -0.25) is 4.79 Å². The van der Waals surface area contributed by atoms with Crippen LogP contribution >= 0.6 is 23.5 Å². The zero-order chi connectivity index (χ0) is 17.5. The van der Waals surface area contributed by atoms with Crippen molar-refractivity contribution in [2.24, 2.45) is 0 Å². The summed E-state index contributed by atoms with van der Waals surface area (Å²) in [7, 11) is 0. The highest BCUT2D eigenvalue weighted by Gasteiger charge is 2.26. The predicted molar refractivity (Wildman–Crippen MR) is 107 cm³/mol. The average Bonchev–Trinajstić information content (AvgIpc) is 3.19. The number of carbonyl (C=O) groups excluding carboxylic acids is 1. The number of nitrogens with zero attached hydrogens (tertiary/aromatic N) is 1. The maximum absolute atomic E-state index is 12.6. The fourth-order valence-electron chi connectivity index (χ4n) is 3.29. The predicted octanol–water partition coefficient (Wildman–Crippen LogP) is 3.53. The van der Waals surface area contributed by atoms with Crippen LogP contribution in [0.1, 0.15) is 36.3 Å². The molecule has 1 N–H and O–H groups in total. The number of thioether (sulfide) groups is 2. The Morgan fingerprint density at radius 1 is 1.28 bits per heavy atom. The molecule has 4 nitrogen and oxygen atoms in total. The van der Waals surface area contributed by atoms with Crippen molar-refractivity contribution in [1.29, 1.82) is 0 Å². The van der Waals surface area contributed by atoms with Crippen molar-refractivity contribution < 1.29 is 9.53 Å². The summed E-state index contributed by atoms with van der Waals surface area (Å²) in [5.74, 6) is 3.36. The molecule has 0 aliphatic carbocycles. The van der Waals surface area contributed by atoms with Gasteiger partial charge in [0.05, 0.1) is 4.58 Å². The second-order valence-electron chi connectivity index (χ2n) is 6.52. The molecule has 3 rings (SSSR count). The Balaban J connectivity index is 1.52. The van der Waals surface area contributed by atoms with Crippen LogP contribution in [0.3, 0.4) is 0 Å². The number of ether oxygens (including phenoxy) is 1. The van der Waals surface area contributed by atoms with Crippen molar-refractivity contribution in [3.05, 3.63) is 29.8 Å². The summed E-state index contributed by atoms with van der Waals surface area (Å²) in [5, 5.41) is 3.34. The summed E-state index contributed by atoms with van der Waals surface area (Å²) < 4.78 is 6.31. The molecule has 25 heavy (non-hydrogen) atoms. The molecule has 2 fully saturated rings. The van der Waals surface area contributed by atoms with Crippen LogP contribution in [0, 0.1) is 0 Å². The number of carbonyl (C=O) groups is 1. The molecule has 138 valence electrons. The van der Waals surface area contributed by atoms with Crippen molar-refractivity contribution in [1.82, 2.24) is 10.2 Å². The van der Waals surface area contributed by atoms with E-state index in [1.807, 2.05) is 40.6 Å². The summed E-state index contributed by atoms with van der Waals surface area (Å²) in [4.78, 5) is 14.6. The Morgan fingerprint density at radius 2 is 2.04 bits per heavy atom. The third kappa shape index (κ3) is 5.31. The maximum Gasteiger partial charge on any atom is 0.260 e. The molecule has 1 amide bonds. The molecule has 1 atom stereocenters. The van der Waals surface area contributed by atoms with E-state index in [0.717, 1.165) is 38.2 Å². The Hall–Kier alpha value is -0.850. The Morgan fingerprint density at radius 3 is 2.68 bits per heavy atom. The van der Waals surface area contributed by atoms with E-state index in [1.165, 1.54) is 23.5 Å². The van der Waals surface area contributed by atoms with Gasteiger partial charge in [-0.2, -0.15) is 0 Å². The molecule has 1 aromatic carbocycles. The van der Waals surface area contributed by atoms with Crippen LogP contribution in [0.2, 0.25) is 0 Å². The molecule has 2 aliphatic heterocycles. The van der Waals surface area contributed by atoms with Crippen molar-refractivity contribution >= 4 is 29.4 Å². The lowest BCUT2D eigenvalue weighted by Crippen LogP contribution is -2.44. The summed E-state index contributed by atoms with van der Waals surface area (Å²) in [6.45, 7) is 4.95. The van der Waals surface area contributed by atoms with Gasteiger partial charge >= 0.3 is 0 Å². The number of amides is 1. The second kappa shape index (κ2) is 9.74. The van der Waals surface area contributed by atoms with Crippen LogP contribution in [0.4, 0.5) is 0 Å². The van der Waals surface area contributed by atoms with Gasteiger partial charge in [-0.05, 0) is 55.0 Å². The van der Waals surface area contributed by atoms with Crippen LogP contribution in [0.5, 0.6) is 5.75 Å². The fourth-order valence-corrected chi connectivity index (χ4v) is 6.18. The summed E-state index contributed by atoms with van der Waals surface area (Å²) in [6.07, 6.45) is 3.32. The van der Waals surface area contributed by atoms with E-state index in [0.29, 0.717) is 10.6 Å². The van der Waals surface area contributed by atoms with Crippen LogP contribution < -0.4 is 10.1 Å². The van der Waals surface area contributed by atoms with Gasteiger partial charge in [0.1, 0.15) is 5.75 Å². The summed E-state index contributed by atoms with van der Waals surface area (Å²) >= 11 is 4.04. The van der Waals surface area contributed by atoms with Crippen molar-refractivity contribution in [2.45, 2.75) is 36.8 Å². The Kier molecular flexibility index (Phi) is 7.37. The van der Waals surface area contributed by atoms with E-state index in [1.54, 1.807) is 0 Å². The molecular formula is C19H28N2O2S2. The third-order valence-electron chi connectivity index (χ3n) is 4.60. The normalized spacial score (nSPS) is 21.2. The van der Waals surface area contributed by atoms with Crippen LogP contribution in [0.25, 0.3) is 0 Å². The van der Waals surface area contributed by atoms with Crippen molar-refractivity contribution in [3.8, 4) is 5.75 Å². The van der Waals surface area contributed by atoms with Gasteiger partial charge in [-0.25, -0.2) is 0 Å². The maximum atomic E-state index is 12.6. The smallest absolute Gasteiger partial charge is 0.260 e. The van der Waals surface area contributed by atoms with Gasteiger partial charge < -0.3 is 15.0 Å². The summed E-state index contributed by atoms with van der Waals surface area (Å²) in [6, 6.07) is 8.60. The highest BCUT2D eigenvalue weighted by Crippen LogP contribution is 2.43. The summed E-state index contributed by atoms with van der Waals surface area (Å²) in [5.41, 5.74) is 1.35. The monoisotopic (exact) mass is 380 g/mol. The Labute approximate surface area is 159 Å². The van der Waals surface area contributed by atoms with E-state index >= 15 is 0 Å². The number of rotatable bonds is 7. The van der Waals surface area contributed by atoms with Gasteiger partial charge in [0.25, 0.3) is 5.91 Å². The molecule has 1 aromatic rings. The molecular weight excluding hydrogens is 352 g/mol. The first-order valence-corrected chi connectivity index (χ1v) is 11.3. The van der Waals surface area contributed by atoms with E-state index in [-0.39, 0.29) is 12.5 Å². The quantitative estimate of drug-likeness (QED) is 0.784. The molecule has 2 heterocycles. The number of hydrogen-bond donors (Lipinski definition) is 1. The molecule has 0 saturated carbocycles. The molecule has 0 bridgehead atoms. The van der Waals surface area contributed by atoms with E-state index in [4.69, 9.17) is 4.74 Å². The molecule has 2 aliphatic rings. The SMILES string of the molecule is CCCN(C(=O)COc1ccc(C2SCCCS2)cc1)C1CCNC1. The molecule has 6 heteroatoms. The van der Waals surface area contributed by atoms with Gasteiger partial charge in [0, 0.05) is 19.1 Å². The van der Waals surface area contributed by atoms with Crippen LogP contribution in [-0.2, 0) is 4.79 Å². The average molecular weight is 381 g/mol. The van der Waals surface area contributed by atoms with Crippen molar-refractivity contribution in [2.75, 3.05) is 37.7 Å². The van der Waals surface area contributed by atoms with Crippen LogP contribution in [0.15, 0.2) is 24.3 Å². The lowest BCUT2D eigenvalue weighted by molar-refractivity contribution is -0.135. The zero-order valence-electron chi connectivity index (χ0n) is 14.9. The van der Waals surface area contributed by atoms with Crippen LogP contribution in [-0.4, -0.2) is 54.6 Å².